The molecule has 0 unspecified atom stereocenters. The van der Waals surface area contributed by atoms with Crippen LogP contribution in [-0.4, -0.2) is 19.0 Å². The maximum atomic E-state index is 14.0. The summed E-state index contributed by atoms with van der Waals surface area (Å²) in [4.78, 5) is 28.1. The minimum atomic E-state index is -1.18. The van der Waals surface area contributed by atoms with E-state index in [1.54, 1.807) is 11.0 Å². The lowest BCUT2D eigenvalue weighted by atomic mass is 9.73. The van der Waals surface area contributed by atoms with E-state index in [2.05, 4.69) is 0 Å². The zero-order valence-corrected chi connectivity index (χ0v) is 16.7. The molecule has 0 saturated heterocycles. The van der Waals surface area contributed by atoms with E-state index in [9.17, 15) is 9.59 Å². The normalized spacial score (nSPS) is 17.9. The molecule has 1 atom stereocenters. The fourth-order valence-corrected chi connectivity index (χ4v) is 4.34. The van der Waals surface area contributed by atoms with Crippen molar-refractivity contribution in [2.45, 2.75) is 18.4 Å². The third-order valence-electron chi connectivity index (χ3n) is 5.41. The standard InChI is InChI=1S/C24H20ClNO3/c1-29-21(27)15-24(18-11-6-3-7-12-18)19-13-8-14-20(25)22(19)26(23(24)28)16-17-9-4-2-5-10-17/h2-14H,15-16H2,1H3/t24-/m0/s1. The number of carbonyl (C=O) groups excluding carboxylic acids is 2. The van der Waals surface area contributed by atoms with Crippen LogP contribution in [0.5, 0.6) is 0 Å². The Hall–Kier alpha value is -3.11. The number of fused-ring (bicyclic) bond motifs is 1. The van der Waals surface area contributed by atoms with Crippen molar-refractivity contribution in [3.63, 3.8) is 0 Å². The van der Waals surface area contributed by atoms with Gasteiger partial charge in [-0.2, -0.15) is 0 Å². The molecule has 0 N–H and O–H groups in total. The van der Waals surface area contributed by atoms with Gasteiger partial charge in [0.2, 0.25) is 5.91 Å². The first-order valence-electron chi connectivity index (χ1n) is 9.35. The van der Waals surface area contributed by atoms with Crippen LogP contribution in [0.15, 0.2) is 78.9 Å². The Labute approximate surface area is 174 Å². The molecule has 0 saturated carbocycles. The van der Waals surface area contributed by atoms with Gasteiger partial charge in [-0.3, -0.25) is 9.59 Å². The number of rotatable bonds is 5. The summed E-state index contributed by atoms with van der Waals surface area (Å²) in [7, 11) is 1.33. The number of para-hydroxylation sites is 1. The summed E-state index contributed by atoms with van der Waals surface area (Å²) in [5, 5.41) is 0.481. The highest BCUT2D eigenvalue weighted by atomic mass is 35.5. The van der Waals surface area contributed by atoms with Gasteiger partial charge in [-0.25, -0.2) is 0 Å². The summed E-state index contributed by atoms with van der Waals surface area (Å²) in [6, 6.07) is 24.5. The number of nitrogens with zero attached hydrogens (tertiary/aromatic N) is 1. The molecule has 0 radical (unpaired) electrons. The number of halogens is 1. The Kier molecular flexibility index (Phi) is 5.12. The molecule has 1 amide bonds. The van der Waals surface area contributed by atoms with Gasteiger partial charge in [0.05, 0.1) is 30.8 Å². The van der Waals surface area contributed by atoms with Gasteiger partial charge in [0, 0.05) is 0 Å². The van der Waals surface area contributed by atoms with Crippen LogP contribution < -0.4 is 4.90 Å². The number of hydrogen-bond acceptors (Lipinski definition) is 3. The lowest BCUT2D eigenvalue weighted by Crippen LogP contribution is -2.42. The third kappa shape index (κ3) is 3.19. The predicted molar refractivity (Wildman–Crippen MR) is 113 cm³/mol. The van der Waals surface area contributed by atoms with Gasteiger partial charge in [-0.1, -0.05) is 84.4 Å². The molecule has 0 aliphatic carbocycles. The Morgan fingerprint density at radius 2 is 1.62 bits per heavy atom. The number of anilines is 1. The zero-order valence-electron chi connectivity index (χ0n) is 16.0. The van der Waals surface area contributed by atoms with Crippen molar-refractivity contribution in [1.29, 1.82) is 0 Å². The summed E-state index contributed by atoms with van der Waals surface area (Å²) in [6.45, 7) is 0.367. The molecule has 4 nitrogen and oxygen atoms in total. The van der Waals surface area contributed by atoms with E-state index in [1.165, 1.54) is 7.11 Å². The first-order valence-corrected chi connectivity index (χ1v) is 9.73. The molecular weight excluding hydrogens is 386 g/mol. The molecule has 0 spiro atoms. The topological polar surface area (TPSA) is 46.6 Å². The molecular formula is C24H20ClNO3. The van der Waals surface area contributed by atoms with Crippen LogP contribution in [0, 0.1) is 0 Å². The van der Waals surface area contributed by atoms with Crippen molar-refractivity contribution in [1.82, 2.24) is 0 Å². The number of esters is 1. The first-order chi connectivity index (χ1) is 14.1. The van der Waals surface area contributed by atoms with Crippen LogP contribution >= 0.6 is 11.6 Å². The van der Waals surface area contributed by atoms with E-state index in [-0.39, 0.29) is 12.3 Å². The van der Waals surface area contributed by atoms with Gasteiger partial charge in [-0.05, 0) is 22.8 Å². The minimum absolute atomic E-state index is 0.0923. The molecule has 1 aliphatic heterocycles. The van der Waals surface area contributed by atoms with Crippen LogP contribution in [-0.2, 0) is 26.3 Å². The van der Waals surface area contributed by atoms with Gasteiger partial charge in [-0.15, -0.1) is 0 Å². The molecule has 3 aromatic carbocycles. The van der Waals surface area contributed by atoms with Crippen molar-refractivity contribution in [3.8, 4) is 0 Å². The van der Waals surface area contributed by atoms with Crippen molar-refractivity contribution in [2.75, 3.05) is 12.0 Å². The molecule has 0 aromatic heterocycles. The molecule has 5 heteroatoms. The van der Waals surface area contributed by atoms with E-state index in [0.717, 1.165) is 16.7 Å². The van der Waals surface area contributed by atoms with Crippen LogP contribution in [0.4, 0.5) is 5.69 Å². The van der Waals surface area contributed by atoms with E-state index in [1.807, 2.05) is 72.8 Å². The number of carbonyl (C=O) groups is 2. The lowest BCUT2D eigenvalue weighted by molar-refractivity contribution is -0.143. The van der Waals surface area contributed by atoms with E-state index < -0.39 is 11.4 Å². The van der Waals surface area contributed by atoms with Crippen LogP contribution in [0.25, 0.3) is 0 Å². The fourth-order valence-electron chi connectivity index (χ4n) is 4.06. The summed E-state index contributed by atoms with van der Waals surface area (Å²) in [5.74, 6) is -0.629. The Bertz CT molecular complexity index is 1050. The number of ether oxygens (including phenoxy) is 1. The summed E-state index contributed by atoms with van der Waals surface area (Å²) in [5.41, 5.74) is 1.92. The van der Waals surface area contributed by atoms with Gasteiger partial charge in [0.25, 0.3) is 0 Å². The number of hydrogen-bond donors (Lipinski definition) is 0. The Morgan fingerprint density at radius 1 is 0.966 bits per heavy atom. The highest BCUT2D eigenvalue weighted by Gasteiger charge is 2.54. The second kappa shape index (κ2) is 7.72. The van der Waals surface area contributed by atoms with Crippen molar-refractivity contribution in [2.24, 2.45) is 0 Å². The minimum Gasteiger partial charge on any atom is -0.469 e. The molecule has 4 rings (SSSR count). The zero-order chi connectivity index (χ0) is 20.4. The first kappa shape index (κ1) is 19.2. The monoisotopic (exact) mass is 405 g/mol. The highest BCUT2D eigenvalue weighted by molar-refractivity contribution is 6.35. The fraction of sp³-hybridized carbons (Fsp3) is 0.167. The van der Waals surface area contributed by atoms with E-state index >= 15 is 0 Å². The third-order valence-corrected chi connectivity index (χ3v) is 5.72. The average molecular weight is 406 g/mol. The maximum absolute atomic E-state index is 14.0. The summed E-state index contributed by atoms with van der Waals surface area (Å²) in [6.07, 6.45) is -0.0923. The number of methoxy groups -OCH3 is 1. The van der Waals surface area contributed by atoms with Crippen LogP contribution in [0.1, 0.15) is 23.1 Å². The van der Waals surface area contributed by atoms with Gasteiger partial charge in [0.15, 0.2) is 0 Å². The molecule has 29 heavy (non-hydrogen) atoms. The van der Waals surface area contributed by atoms with Crippen LogP contribution in [0.3, 0.4) is 0 Å². The van der Waals surface area contributed by atoms with Crippen molar-refractivity contribution in [3.05, 3.63) is 101 Å². The second-order valence-corrected chi connectivity index (χ2v) is 7.44. The maximum Gasteiger partial charge on any atom is 0.307 e. The second-order valence-electron chi connectivity index (χ2n) is 7.04. The van der Waals surface area contributed by atoms with E-state index in [0.29, 0.717) is 17.3 Å². The highest BCUT2D eigenvalue weighted by Crippen LogP contribution is 2.51. The van der Waals surface area contributed by atoms with Crippen LogP contribution in [0.2, 0.25) is 5.02 Å². The van der Waals surface area contributed by atoms with E-state index in [4.69, 9.17) is 16.3 Å². The van der Waals surface area contributed by atoms with Crippen molar-refractivity contribution >= 4 is 29.2 Å². The lowest BCUT2D eigenvalue weighted by Gasteiger charge is -2.28. The largest absolute Gasteiger partial charge is 0.469 e. The van der Waals surface area contributed by atoms with Crippen molar-refractivity contribution < 1.29 is 14.3 Å². The summed E-state index contributed by atoms with van der Waals surface area (Å²) >= 11 is 6.57. The number of amides is 1. The smallest absolute Gasteiger partial charge is 0.307 e. The van der Waals surface area contributed by atoms with Gasteiger partial charge in [0.1, 0.15) is 5.41 Å². The van der Waals surface area contributed by atoms with Gasteiger partial charge < -0.3 is 9.64 Å². The molecule has 1 heterocycles. The quantitative estimate of drug-likeness (QED) is 0.576. The molecule has 0 bridgehead atoms. The Morgan fingerprint density at radius 3 is 2.28 bits per heavy atom. The summed E-state index contributed by atoms with van der Waals surface area (Å²) < 4.78 is 4.96. The molecule has 0 fully saturated rings. The molecule has 1 aliphatic rings. The predicted octanol–water partition coefficient (Wildman–Crippen LogP) is 4.74. The average Bonchev–Trinajstić information content (AvgIpc) is 2.99. The SMILES string of the molecule is COC(=O)C[C@@]1(c2ccccc2)C(=O)N(Cc2ccccc2)c2c(Cl)cccc21. The molecule has 146 valence electrons. The van der Waals surface area contributed by atoms with Gasteiger partial charge >= 0.3 is 5.97 Å². The Balaban J connectivity index is 1.93. The molecule has 3 aromatic rings. The number of benzene rings is 3.